The van der Waals surface area contributed by atoms with Crippen LogP contribution in [0, 0.1) is 19.8 Å². The maximum atomic E-state index is 13.0. The molecular weight excluding hydrogens is 402 g/mol. The van der Waals surface area contributed by atoms with Crippen molar-refractivity contribution in [2.75, 3.05) is 6.54 Å². The van der Waals surface area contributed by atoms with Crippen LogP contribution in [0.4, 0.5) is 8.78 Å². The van der Waals surface area contributed by atoms with Crippen molar-refractivity contribution in [1.82, 2.24) is 10.2 Å². The number of carboxylic acid groups (broad SMARTS) is 1. The molecule has 0 bridgehead atoms. The van der Waals surface area contributed by atoms with Crippen LogP contribution in [-0.2, 0) is 25.7 Å². The quantitative estimate of drug-likeness (QED) is 0.643. The third-order valence-corrected chi connectivity index (χ3v) is 4.92. The number of rotatable bonds is 7. The van der Waals surface area contributed by atoms with Crippen molar-refractivity contribution < 1.29 is 37.8 Å². The Labute approximate surface area is 172 Å². The SMILES string of the molecule is Cc1cc(CN2C(=O)C(C(=O)NCC(=O)O)C(=O)CC2(C)C)cc(C)c1OC(F)F. The van der Waals surface area contributed by atoms with E-state index in [1.54, 1.807) is 39.8 Å². The standard InChI is InChI=1S/C20H24F2N2O6/c1-10-5-12(6-11(2)16(10)30-19(21)22)9-24-18(29)15(13(25)7-20(24,3)4)17(28)23-8-14(26)27/h5-6,15,19H,7-9H2,1-4H3,(H,23,28)(H,26,27). The highest BCUT2D eigenvalue weighted by Crippen LogP contribution is 2.33. The molecule has 2 rings (SSSR count). The van der Waals surface area contributed by atoms with E-state index >= 15 is 0 Å². The molecule has 0 spiro atoms. The first-order valence-corrected chi connectivity index (χ1v) is 9.22. The number of benzene rings is 1. The number of ketones is 1. The zero-order valence-corrected chi connectivity index (χ0v) is 17.1. The molecule has 1 aliphatic rings. The van der Waals surface area contributed by atoms with Gasteiger partial charge >= 0.3 is 12.6 Å². The number of piperidine rings is 1. The molecule has 0 aliphatic carbocycles. The second-order valence-corrected chi connectivity index (χ2v) is 7.86. The first kappa shape index (κ1) is 23.2. The van der Waals surface area contributed by atoms with Crippen LogP contribution in [0.1, 0.15) is 37.0 Å². The van der Waals surface area contributed by atoms with E-state index in [0.29, 0.717) is 16.7 Å². The van der Waals surface area contributed by atoms with Crippen molar-refractivity contribution in [3.05, 3.63) is 28.8 Å². The van der Waals surface area contributed by atoms with Gasteiger partial charge < -0.3 is 20.1 Å². The van der Waals surface area contributed by atoms with Gasteiger partial charge in [-0.2, -0.15) is 8.78 Å². The summed E-state index contributed by atoms with van der Waals surface area (Å²) in [5, 5.41) is 10.8. The molecule has 1 unspecified atom stereocenters. The normalized spacial score (nSPS) is 18.5. The number of hydrogen-bond acceptors (Lipinski definition) is 5. The number of aliphatic carboxylic acids is 1. The van der Waals surface area contributed by atoms with Gasteiger partial charge in [0.2, 0.25) is 11.8 Å². The largest absolute Gasteiger partial charge is 0.480 e. The molecule has 1 fully saturated rings. The number of nitrogens with one attached hydrogen (secondary N) is 1. The monoisotopic (exact) mass is 426 g/mol. The molecule has 1 aromatic rings. The summed E-state index contributed by atoms with van der Waals surface area (Å²) in [4.78, 5) is 49.7. The molecule has 1 saturated heterocycles. The topological polar surface area (TPSA) is 113 Å². The van der Waals surface area contributed by atoms with Crippen LogP contribution < -0.4 is 10.1 Å². The summed E-state index contributed by atoms with van der Waals surface area (Å²) in [6.45, 7) is 2.94. The van der Waals surface area contributed by atoms with Crippen LogP contribution >= 0.6 is 0 Å². The molecule has 2 amide bonds. The average Bonchev–Trinajstić information content (AvgIpc) is 2.59. The number of carbonyl (C=O) groups excluding carboxylic acids is 3. The summed E-state index contributed by atoms with van der Waals surface area (Å²) in [5.41, 5.74) is 0.642. The molecular formula is C20H24F2N2O6. The number of aryl methyl sites for hydroxylation is 2. The lowest BCUT2D eigenvalue weighted by molar-refractivity contribution is -0.158. The van der Waals surface area contributed by atoms with Crippen LogP contribution in [0.15, 0.2) is 12.1 Å². The van der Waals surface area contributed by atoms with Crippen molar-refractivity contribution in [3.63, 3.8) is 0 Å². The Kier molecular flexibility index (Phi) is 6.79. The fraction of sp³-hybridized carbons (Fsp3) is 0.500. The van der Waals surface area contributed by atoms with Crippen LogP contribution in [0.3, 0.4) is 0 Å². The van der Waals surface area contributed by atoms with Gasteiger partial charge in [-0.25, -0.2) is 0 Å². The Morgan fingerprint density at radius 1 is 1.27 bits per heavy atom. The van der Waals surface area contributed by atoms with Gasteiger partial charge in [0.05, 0.1) is 0 Å². The highest BCUT2D eigenvalue weighted by molar-refractivity contribution is 6.20. The number of ether oxygens (including phenoxy) is 1. The van der Waals surface area contributed by atoms with Gasteiger partial charge in [0, 0.05) is 18.5 Å². The molecule has 1 atom stereocenters. The van der Waals surface area contributed by atoms with E-state index in [-0.39, 0.29) is 18.7 Å². The molecule has 1 heterocycles. The molecule has 0 aromatic heterocycles. The number of amides is 2. The van der Waals surface area contributed by atoms with Gasteiger partial charge in [0.15, 0.2) is 11.7 Å². The zero-order chi connectivity index (χ0) is 22.8. The second-order valence-electron chi connectivity index (χ2n) is 7.86. The second kappa shape index (κ2) is 8.76. The number of likely N-dealkylation sites (tertiary alicyclic amines) is 1. The number of carboxylic acids is 1. The van der Waals surface area contributed by atoms with Gasteiger partial charge in [-0.15, -0.1) is 0 Å². The highest BCUT2D eigenvalue weighted by atomic mass is 19.3. The summed E-state index contributed by atoms with van der Waals surface area (Å²) in [6, 6.07) is 3.20. The van der Waals surface area contributed by atoms with Crippen molar-refractivity contribution in [3.8, 4) is 5.75 Å². The maximum absolute atomic E-state index is 13.0. The highest BCUT2D eigenvalue weighted by Gasteiger charge is 2.48. The number of alkyl halides is 2. The number of nitrogens with zero attached hydrogens (tertiary/aromatic N) is 1. The summed E-state index contributed by atoms with van der Waals surface area (Å²) >= 11 is 0. The van der Waals surface area contributed by atoms with Gasteiger partial charge in [0.25, 0.3) is 0 Å². The smallest absolute Gasteiger partial charge is 0.387 e. The Morgan fingerprint density at radius 2 is 1.83 bits per heavy atom. The van der Waals surface area contributed by atoms with Gasteiger partial charge in [-0.3, -0.25) is 19.2 Å². The Hall–Kier alpha value is -3.04. The van der Waals surface area contributed by atoms with E-state index in [1.165, 1.54) is 4.90 Å². The van der Waals surface area contributed by atoms with Crippen molar-refractivity contribution in [1.29, 1.82) is 0 Å². The molecule has 1 aliphatic heterocycles. The lowest BCUT2D eigenvalue weighted by Gasteiger charge is -2.44. The van der Waals surface area contributed by atoms with Gasteiger partial charge in [-0.05, 0) is 44.4 Å². The molecule has 0 saturated carbocycles. The number of hydrogen-bond donors (Lipinski definition) is 2. The molecule has 10 heteroatoms. The molecule has 2 N–H and O–H groups in total. The summed E-state index contributed by atoms with van der Waals surface area (Å²) in [6.07, 6.45) is -0.0888. The number of Topliss-reactive ketones (excluding diaryl/α,β-unsaturated/α-hetero) is 1. The minimum absolute atomic E-state index is 0.0401. The van der Waals surface area contributed by atoms with Gasteiger partial charge in [0.1, 0.15) is 12.3 Å². The summed E-state index contributed by atoms with van der Waals surface area (Å²) in [7, 11) is 0. The number of halogens is 2. The van der Waals surface area contributed by atoms with E-state index in [0.717, 1.165) is 0 Å². The minimum Gasteiger partial charge on any atom is -0.480 e. The third kappa shape index (κ3) is 5.11. The van der Waals surface area contributed by atoms with E-state index in [1.807, 2.05) is 0 Å². The Bertz CT molecular complexity index is 861. The minimum atomic E-state index is -2.97. The predicted molar refractivity (Wildman–Crippen MR) is 101 cm³/mol. The Morgan fingerprint density at radius 3 is 2.33 bits per heavy atom. The fourth-order valence-electron chi connectivity index (χ4n) is 3.62. The first-order chi connectivity index (χ1) is 13.8. The van der Waals surface area contributed by atoms with Crippen LogP contribution in [-0.4, -0.2) is 52.3 Å². The third-order valence-electron chi connectivity index (χ3n) is 4.92. The van der Waals surface area contributed by atoms with Gasteiger partial charge in [-0.1, -0.05) is 12.1 Å². The lowest BCUT2D eigenvalue weighted by Crippen LogP contribution is -2.60. The molecule has 30 heavy (non-hydrogen) atoms. The van der Waals surface area contributed by atoms with Crippen LogP contribution in [0.5, 0.6) is 5.75 Å². The Balaban J connectivity index is 2.30. The van der Waals surface area contributed by atoms with Crippen molar-refractivity contribution >= 4 is 23.6 Å². The molecule has 0 radical (unpaired) electrons. The van der Waals surface area contributed by atoms with Crippen molar-refractivity contribution in [2.45, 2.75) is 52.8 Å². The molecule has 1 aromatic carbocycles. The fourth-order valence-corrected chi connectivity index (χ4v) is 3.62. The average molecular weight is 426 g/mol. The van der Waals surface area contributed by atoms with E-state index < -0.39 is 48.2 Å². The molecule has 8 nitrogen and oxygen atoms in total. The first-order valence-electron chi connectivity index (χ1n) is 9.22. The summed E-state index contributed by atoms with van der Waals surface area (Å²) in [5.74, 6) is -5.14. The zero-order valence-electron chi connectivity index (χ0n) is 17.1. The predicted octanol–water partition coefficient (Wildman–Crippen LogP) is 1.80. The molecule has 164 valence electrons. The van der Waals surface area contributed by atoms with Crippen LogP contribution in [0.25, 0.3) is 0 Å². The maximum Gasteiger partial charge on any atom is 0.387 e. The van der Waals surface area contributed by atoms with E-state index in [4.69, 9.17) is 5.11 Å². The van der Waals surface area contributed by atoms with Crippen molar-refractivity contribution in [2.24, 2.45) is 5.92 Å². The summed E-state index contributed by atoms with van der Waals surface area (Å²) < 4.78 is 29.7. The number of carbonyl (C=O) groups is 4. The lowest BCUT2D eigenvalue weighted by atomic mass is 9.82. The van der Waals surface area contributed by atoms with E-state index in [9.17, 15) is 28.0 Å². The van der Waals surface area contributed by atoms with E-state index in [2.05, 4.69) is 10.1 Å². The van der Waals surface area contributed by atoms with Crippen LogP contribution in [0.2, 0.25) is 0 Å².